The maximum absolute atomic E-state index is 8.66. The van der Waals surface area contributed by atoms with Crippen molar-refractivity contribution in [1.29, 1.82) is 5.26 Å². The standard InChI is InChI=1S/C8H8Cl2N2/c1-2-12-5-6(4-11)8(10)7(12)3-9/h5H,2-3H2,1H3. The zero-order chi connectivity index (χ0) is 9.14. The van der Waals surface area contributed by atoms with Crippen molar-refractivity contribution in [1.82, 2.24) is 4.57 Å². The monoisotopic (exact) mass is 202 g/mol. The number of nitrogens with zero attached hydrogens (tertiary/aromatic N) is 2. The van der Waals surface area contributed by atoms with E-state index in [1.807, 2.05) is 17.6 Å². The van der Waals surface area contributed by atoms with Crippen LogP contribution in [0.4, 0.5) is 0 Å². The van der Waals surface area contributed by atoms with Gasteiger partial charge in [-0.15, -0.1) is 11.6 Å². The highest BCUT2D eigenvalue weighted by Gasteiger charge is 2.11. The van der Waals surface area contributed by atoms with E-state index in [9.17, 15) is 0 Å². The molecule has 2 nitrogen and oxygen atoms in total. The molecule has 0 aliphatic rings. The molecule has 0 bridgehead atoms. The van der Waals surface area contributed by atoms with E-state index in [2.05, 4.69) is 0 Å². The minimum Gasteiger partial charge on any atom is -0.348 e. The van der Waals surface area contributed by atoms with Gasteiger partial charge in [0.1, 0.15) is 6.07 Å². The molecule has 64 valence electrons. The number of rotatable bonds is 2. The maximum Gasteiger partial charge on any atom is 0.102 e. The van der Waals surface area contributed by atoms with Crippen molar-refractivity contribution in [2.24, 2.45) is 0 Å². The van der Waals surface area contributed by atoms with Gasteiger partial charge in [0.05, 0.1) is 22.2 Å². The Labute approximate surface area is 81.3 Å². The van der Waals surface area contributed by atoms with E-state index < -0.39 is 0 Å². The molecule has 0 fully saturated rings. The van der Waals surface area contributed by atoms with Crippen LogP contribution in [0.2, 0.25) is 5.02 Å². The van der Waals surface area contributed by atoms with E-state index in [-0.39, 0.29) is 0 Å². The Morgan fingerprint density at radius 3 is 2.67 bits per heavy atom. The molecule has 0 N–H and O–H groups in total. The van der Waals surface area contributed by atoms with E-state index in [1.54, 1.807) is 6.20 Å². The summed E-state index contributed by atoms with van der Waals surface area (Å²) in [6.45, 7) is 2.76. The summed E-state index contributed by atoms with van der Waals surface area (Å²) in [6, 6.07) is 2.01. The molecular formula is C8H8Cl2N2. The van der Waals surface area contributed by atoms with Gasteiger partial charge in [0.15, 0.2) is 0 Å². The zero-order valence-electron chi connectivity index (χ0n) is 6.64. The minimum absolute atomic E-state index is 0.342. The predicted molar refractivity (Wildman–Crippen MR) is 49.4 cm³/mol. The molecule has 0 saturated heterocycles. The third-order valence-corrected chi connectivity index (χ3v) is 2.38. The zero-order valence-corrected chi connectivity index (χ0v) is 8.15. The number of aromatic nitrogens is 1. The van der Waals surface area contributed by atoms with Crippen molar-refractivity contribution in [3.05, 3.63) is 22.5 Å². The molecule has 0 amide bonds. The van der Waals surface area contributed by atoms with E-state index in [1.165, 1.54) is 0 Å². The lowest BCUT2D eigenvalue weighted by molar-refractivity contribution is 0.738. The Hall–Kier alpha value is -0.650. The molecule has 0 aliphatic heterocycles. The Morgan fingerprint density at radius 1 is 1.67 bits per heavy atom. The maximum atomic E-state index is 8.66. The van der Waals surface area contributed by atoms with Crippen LogP contribution >= 0.6 is 23.2 Å². The summed E-state index contributed by atoms with van der Waals surface area (Å²) in [4.78, 5) is 0. The Kier molecular flexibility index (Phi) is 3.02. The van der Waals surface area contributed by atoms with Crippen LogP contribution in [0.5, 0.6) is 0 Å². The van der Waals surface area contributed by atoms with Crippen molar-refractivity contribution in [3.63, 3.8) is 0 Å². The SMILES string of the molecule is CCn1cc(C#N)c(Cl)c1CCl. The first-order valence-electron chi connectivity index (χ1n) is 3.58. The van der Waals surface area contributed by atoms with Gasteiger partial charge in [-0.2, -0.15) is 5.26 Å². The quantitative estimate of drug-likeness (QED) is 0.679. The summed E-state index contributed by atoms with van der Waals surface area (Å²) in [5.41, 5.74) is 1.31. The molecule has 1 aromatic rings. The average Bonchev–Trinajstić information content (AvgIpc) is 2.41. The average molecular weight is 203 g/mol. The number of hydrogen-bond acceptors (Lipinski definition) is 1. The predicted octanol–water partition coefficient (Wildman–Crippen LogP) is 2.77. The van der Waals surface area contributed by atoms with Gasteiger partial charge in [-0.1, -0.05) is 11.6 Å². The van der Waals surface area contributed by atoms with Gasteiger partial charge in [-0.25, -0.2) is 0 Å². The second-order valence-electron chi connectivity index (χ2n) is 2.33. The van der Waals surface area contributed by atoms with Crippen LogP contribution in [0, 0.1) is 11.3 Å². The molecule has 0 saturated carbocycles. The normalized spacial score (nSPS) is 9.83. The van der Waals surface area contributed by atoms with Gasteiger partial charge in [0.25, 0.3) is 0 Å². The summed E-state index contributed by atoms with van der Waals surface area (Å²) < 4.78 is 1.88. The van der Waals surface area contributed by atoms with Crippen molar-refractivity contribution >= 4 is 23.2 Å². The number of nitriles is 1. The van der Waals surface area contributed by atoms with Crippen LogP contribution in [-0.2, 0) is 12.4 Å². The molecule has 0 radical (unpaired) electrons. The largest absolute Gasteiger partial charge is 0.348 e. The third-order valence-electron chi connectivity index (χ3n) is 1.71. The van der Waals surface area contributed by atoms with Crippen LogP contribution < -0.4 is 0 Å². The topological polar surface area (TPSA) is 28.7 Å². The highest BCUT2D eigenvalue weighted by atomic mass is 35.5. The van der Waals surface area contributed by atoms with Crippen LogP contribution in [0.3, 0.4) is 0 Å². The first-order valence-corrected chi connectivity index (χ1v) is 4.49. The van der Waals surface area contributed by atoms with Gasteiger partial charge in [0, 0.05) is 12.7 Å². The second-order valence-corrected chi connectivity index (χ2v) is 2.98. The molecule has 0 spiro atoms. The van der Waals surface area contributed by atoms with Gasteiger partial charge in [-0.3, -0.25) is 0 Å². The summed E-state index contributed by atoms with van der Waals surface area (Å²) in [6.07, 6.45) is 1.72. The highest BCUT2D eigenvalue weighted by Crippen LogP contribution is 2.24. The molecule has 0 aromatic carbocycles. The molecule has 1 rings (SSSR count). The summed E-state index contributed by atoms with van der Waals surface area (Å²) in [7, 11) is 0. The van der Waals surface area contributed by atoms with E-state index in [0.717, 1.165) is 12.2 Å². The molecule has 12 heavy (non-hydrogen) atoms. The van der Waals surface area contributed by atoms with E-state index in [0.29, 0.717) is 16.5 Å². The van der Waals surface area contributed by atoms with Crippen LogP contribution in [0.15, 0.2) is 6.20 Å². The highest BCUT2D eigenvalue weighted by molar-refractivity contribution is 6.33. The Balaban J connectivity index is 3.25. The number of alkyl halides is 1. The van der Waals surface area contributed by atoms with Crippen molar-refractivity contribution in [2.75, 3.05) is 0 Å². The molecule has 1 heterocycles. The van der Waals surface area contributed by atoms with Gasteiger partial charge < -0.3 is 4.57 Å². The summed E-state index contributed by atoms with van der Waals surface area (Å²) in [5.74, 6) is 0.342. The van der Waals surface area contributed by atoms with Crippen molar-refractivity contribution in [3.8, 4) is 6.07 Å². The van der Waals surface area contributed by atoms with Crippen molar-refractivity contribution in [2.45, 2.75) is 19.3 Å². The molecular weight excluding hydrogens is 195 g/mol. The first kappa shape index (κ1) is 9.44. The van der Waals surface area contributed by atoms with Gasteiger partial charge in [0.2, 0.25) is 0 Å². The number of hydrogen-bond donors (Lipinski definition) is 0. The lowest BCUT2D eigenvalue weighted by Gasteiger charge is -2.01. The Bertz CT molecular complexity index is 323. The van der Waals surface area contributed by atoms with E-state index in [4.69, 9.17) is 28.5 Å². The lowest BCUT2D eigenvalue weighted by atomic mass is 10.3. The minimum atomic E-state index is 0.342. The van der Waals surface area contributed by atoms with Gasteiger partial charge >= 0.3 is 0 Å². The van der Waals surface area contributed by atoms with Gasteiger partial charge in [-0.05, 0) is 6.92 Å². The smallest absolute Gasteiger partial charge is 0.102 e. The third kappa shape index (κ3) is 1.43. The van der Waals surface area contributed by atoms with Crippen LogP contribution in [0.25, 0.3) is 0 Å². The lowest BCUT2D eigenvalue weighted by Crippen LogP contribution is -1.96. The van der Waals surface area contributed by atoms with E-state index >= 15 is 0 Å². The van der Waals surface area contributed by atoms with Crippen LogP contribution in [-0.4, -0.2) is 4.57 Å². The first-order chi connectivity index (χ1) is 5.74. The number of halogens is 2. The second kappa shape index (κ2) is 3.84. The van der Waals surface area contributed by atoms with Crippen LogP contribution in [0.1, 0.15) is 18.2 Å². The fraction of sp³-hybridized carbons (Fsp3) is 0.375. The summed E-state index contributed by atoms with van der Waals surface area (Å²) in [5, 5.41) is 9.14. The molecule has 0 unspecified atom stereocenters. The summed E-state index contributed by atoms with van der Waals surface area (Å²) >= 11 is 11.6. The molecule has 1 aromatic heterocycles. The molecule has 4 heteroatoms. The fourth-order valence-electron chi connectivity index (χ4n) is 1.07. The fourth-order valence-corrected chi connectivity index (χ4v) is 1.69. The molecule has 0 atom stereocenters. The Morgan fingerprint density at radius 2 is 2.33 bits per heavy atom. The van der Waals surface area contributed by atoms with Crippen molar-refractivity contribution < 1.29 is 0 Å². The molecule has 0 aliphatic carbocycles. The number of aryl methyl sites for hydroxylation is 1.